The molecule has 1 unspecified atom stereocenters. The molecule has 0 aliphatic carbocycles. The first kappa shape index (κ1) is 15.9. The van der Waals surface area contributed by atoms with Crippen molar-refractivity contribution in [2.75, 3.05) is 26.7 Å². The summed E-state index contributed by atoms with van der Waals surface area (Å²) in [6.07, 6.45) is 0.341. The first-order valence-corrected chi connectivity index (χ1v) is 7.58. The van der Waals surface area contributed by atoms with E-state index in [1.807, 2.05) is 7.05 Å². The molecule has 3 rings (SSSR count). The number of nitrogens with zero attached hydrogens (tertiary/aromatic N) is 4. The van der Waals surface area contributed by atoms with Gasteiger partial charge in [-0.05, 0) is 12.6 Å². The largest absolute Gasteiger partial charge is 0.339 e. The van der Waals surface area contributed by atoms with Crippen LogP contribution in [-0.4, -0.2) is 46.6 Å². The van der Waals surface area contributed by atoms with E-state index in [9.17, 15) is 10.1 Å². The number of aromatic nitrogens is 2. The molecule has 1 aliphatic rings. The summed E-state index contributed by atoms with van der Waals surface area (Å²) in [5, 5.41) is 18.4. The highest BCUT2D eigenvalue weighted by atomic mass is 35.5. The zero-order chi connectivity index (χ0) is 16.4. The Hall–Kier alpha value is -2.03. The van der Waals surface area contributed by atoms with Gasteiger partial charge in [-0.25, -0.2) is 0 Å². The predicted octanol–water partition coefficient (Wildman–Crippen LogP) is 1.80. The van der Waals surface area contributed by atoms with Gasteiger partial charge in [-0.1, -0.05) is 22.8 Å². The summed E-state index contributed by atoms with van der Waals surface area (Å²) >= 11 is 6.09. The predicted molar refractivity (Wildman–Crippen MR) is 83.5 cm³/mol. The molecule has 0 bridgehead atoms. The first-order chi connectivity index (χ1) is 11.0. The van der Waals surface area contributed by atoms with E-state index < -0.39 is 4.92 Å². The van der Waals surface area contributed by atoms with E-state index in [-0.39, 0.29) is 11.7 Å². The van der Waals surface area contributed by atoms with Crippen LogP contribution in [0.15, 0.2) is 22.7 Å². The number of likely N-dealkylation sites (N-methyl/N-ethyl adjacent to an activating group) is 1. The molecule has 1 fully saturated rings. The van der Waals surface area contributed by atoms with Gasteiger partial charge in [0.2, 0.25) is 5.89 Å². The molecular weight excluding hydrogens is 322 g/mol. The van der Waals surface area contributed by atoms with Crippen LogP contribution in [0.1, 0.15) is 23.3 Å². The van der Waals surface area contributed by atoms with Gasteiger partial charge in [-0.2, -0.15) is 4.98 Å². The number of nitro groups is 1. The second-order valence-electron chi connectivity index (χ2n) is 5.46. The number of benzene rings is 1. The van der Waals surface area contributed by atoms with Gasteiger partial charge in [0, 0.05) is 31.8 Å². The molecule has 2 heterocycles. The van der Waals surface area contributed by atoms with Crippen molar-refractivity contribution in [3.05, 3.63) is 50.6 Å². The summed E-state index contributed by atoms with van der Waals surface area (Å²) in [5.41, 5.74) is 0.669. The molecule has 9 heteroatoms. The summed E-state index contributed by atoms with van der Waals surface area (Å²) in [6, 6.07) is 4.43. The van der Waals surface area contributed by atoms with Crippen molar-refractivity contribution in [1.82, 2.24) is 20.4 Å². The molecule has 2 aromatic rings. The highest BCUT2D eigenvalue weighted by Crippen LogP contribution is 2.25. The Bertz CT molecular complexity index is 720. The summed E-state index contributed by atoms with van der Waals surface area (Å²) < 4.78 is 5.29. The number of piperazine rings is 1. The maximum Gasteiger partial charge on any atom is 0.270 e. The van der Waals surface area contributed by atoms with Crippen molar-refractivity contribution >= 4 is 17.3 Å². The summed E-state index contributed by atoms with van der Waals surface area (Å²) in [6.45, 7) is 2.63. The van der Waals surface area contributed by atoms with Gasteiger partial charge in [-0.15, -0.1) is 0 Å². The molecule has 1 atom stereocenters. The number of halogens is 1. The van der Waals surface area contributed by atoms with E-state index in [1.54, 1.807) is 6.07 Å². The molecule has 1 aliphatic heterocycles. The van der Waals surface area contributed by atoms with Gasteiger partial charge in [0.05, 0.1) is 22.4 Å². The molecule has 0 radical (unpaired) electrons. The Morgan fingerprint density at radius 1 is 1.57 bits per heavy atom. The van der Waals surface area contributed by atoms with Crippen molar-refractivity contribution < 1.29 is 9.45 Å². The lowest BCUT2D eigenvalue weighted by Gasteiger charge is -2.30. The van der Waals surface area contributed by atoms with Crippen LogP contribution >= 0.6 is 11.6 Å². The van der Waals surface area contributed by atoms with Crippen LogP contribution in [0.25, 0.3) is 0 Å². The van der Waals surface area contributed by atoms with Crippen LogP contribution in [-0.2, 0) is 6.42 Å². The fraction of sp³-hybridized carbons (Fsp3) is 0.429. The summed E-state index contributed by atoms with van der Waals surface area (Å²) in [4.78, 5) is 16.8. The Labute approximate surface area is 137 Å². The quantitative estimate of drug-likeness (QED) is 0.671. The smallest absolute Gasteiger partial charge is 0.270 e. The minimum Gasteiger partial charge on any atom is -0.339 e. The molecular formula is C14H16ClN5O3. The third-order valence-electron chi connectivity index (χ3n) is 3.88. The van der Waals surface area contributed by atoms with E-state index in [2.05, 4.69) is 20.4 Å². The molecule has 1 aromatic heterocycles. The number of rotatable bonds is 4. The molecule has 1 saturated heterocycles. The molecule has 0 spiro atoms. The summed E-state index contributed by atoms with van der Waals surface area (Å²) in [7, 11) is 2.02. The average molecular weight is 338 g/mol. The van der Waals surface area contributed by atoms with Gasteiger partial charge in [-0.3, -0.25) is 15.0 Å². The van der Waals surface area contributed by atoms with Gasteiger partial charge >= 0.3 is 0 Å². The first-order valence-electron chi connectivity index (χ1n) is 7.21. The third-order valence-corrected chi connectivity index (χ3v) is 4.23. The molecule has 0 saturated carbocycles. The van der Waals surface area contributed by atoms with Crippen LogP contribution in [0.5, 0.6) is 0 Å². The average Bonchev–Trinajstić information content (AvgIpc) is 2.98. The molecule has 1 aromatic carbocycles. The standard InChI is InChI=1S/C14H16ClN5O3/c1-19-5-4-16-8-12(19)14-17-13(23-18-14)6-9-2-3-10(20(21)22)7-11(9)15/h2-3,7,12,16H,4-6,8H2,1H3. The highest BCUT2D eigenvalue weighted by Gasteiger charge is 2.25. The lowest BCUT2D eigenvalue weighted by atomic mass is 10.1. The molecule has 23 heavy (non-hydrogen) atoms. The Kier molecular flexibility index (Phi) is 4.56. The van der Waals surface area contributed by atoms with Crippen molar-refractivity contribution in [3.8, 4) is 0 Å². The van der Waals surface area contributed by atoms with E-state index in [1.165, 1.54) is 12.1 Å². The number of hydrogen-bond acceptors (Lipinski definition) is 7. The van der Waals surface area contributed by atoms with E-state index in [0.29, 0.717) is 28.7 Å². The fourth-order valence-electron chi connectivity index (χ4n) is 2.53. The Morgan fingerprint density at radius 3 is 3.09 bits per heavy atom. The monoisotopic (exact) mass is 337 g/mol. The molecule has 0 amide bonds. The van der Waals surface area contributed by atoms with E-state index >= 15 is 0 Å². The molecule has 8 nitrogen and oxygen atoms in total. The Balaban J connectivity index is 1.75. The SMILES string of the molecule is CN1CCNCC1c1noc(Cc2ccc([N+](=O)[O-])cc2Cl)n1. The normalized spacial score (nSPS) is 19.0. The van der Waals surface area contributed by atoms with Crippen LogP contribution < -0.4 is 5.32 Å². The van der Waals surface area contributed by atoms with Crippen molar-refractivity contribution in [2.45, 2.75) is 12.5 Å². The minimum atomic E-state index is -0.480. The van der Waals surface area contributed by atoms with Crippen molar-refractivity contribution in [2.24, 2.45) is 0 Å². The van der Waals surface area contributed by atoms with Crippen molar-refractivity contribution in [1.29, 1.82) is 0 Å². The number of non-ortho nitro benzene ring substituents is 1. The van der Waals surface area contributed by atoms with Gasteiger partial charge in [0.25, 0.3) is 5.69 Å². The van der Waals surface area contributed by atoms with Crippen molar-refractivity contribution in [3.63, 3.8) is 0 Å². The zero-order valence-electron chi connectivity index (χ0n) is 12.5. The Morgan fingerprint density at radius 2 is 2.39 bits per heavy atom. The highest BCUT2D eigenvalue weighted by molar-refractivity contribution is 6.31. The van der Waals surface area contributed by atoms with E-state index in [0.717, 1.165) is 19.6 Å². The van der Waals surface area contributed by atoms with Gasteiger partial charge < -0.3 is 9.84 Å². The lowest BCUT2D eigenvalue weighted by Crippen LogP contribution is -2.44. The number of nitrogens with one attached hydrogen (secondary N) is 1. The van der Waals surface area contributed by atoms with Crippen LogP contribution in [0.4, 0.5) is 5.69 Å². The maximum absolute atomic E-state index is 10.7. The minimum absolute atomic E-state index is 0.0418. The second-order valence-corrected chi connectivity index (χ2v) is 5.86. The van der Waals surface area contributed by atoms with E-state index in [4.69, 9.17) is 16.1 Å². The summed E-state index contributed by atoms with van der Waals surface area (Å²) in [5.74, 6) is 1.07. The topological polar surface area (TPSA) is 97.3 Å². The maximum atomic E-state index is 10.7. The zero-order valence-corrected chi connectivity index (χ0v) is 13.3. The number of hydrogen-bond donors (Lipinski definition) is 1. The number of nitro benzene ring substituents is 1. The second kappa shape index (κ2) is 6.61. The van der Waals surface area contributed by atoms with Crippen LogP contribution in [0.3, 0.4) is 0 Å². The third kappa shape index (κ3) is 3.49. The van der Waals surface area contributed by atoms with Gasteiger partial charge in [0.15, 0.2) is 5.82 Å². The van der Waals surface area contributed by atoms with Crippen LogP contribution in [0, 0.1) is 10.1 Å². The fourth-order valence-corrected chi connectivity index (χ4v) is 2.77. The van der Waals surface area contributed by atoms with Crippen LogP contribution in [0.2, 0.25) is 5.02 Å². The van der Waals surface area contributed by atoms with Gasteiger partial charge in [0.1, 0.15) is 0 Å². The lowest BCUT2D eigenvalue weighted by molar-refractivity contribution is -0.384. The molecule has 122 valence electrons. The molecule has 1 N–H and O–H groups in total.